The Bertz CT molecular complexity index is 1300. The standard InChI is InChI=1S/C24H26FN5O3S/c25-19-11-16(7-8-18(19)20-12-28-24(26)13-27-20)17-5-1-2-6-23(17)34(32,33)30-14-21(22(31)15-30)29-9-3-4-10-29/h1-2,5-8,11-13,21-22,31H,3-4,9-10,14-15H2,(H2,26,28)/t21-,22-/m0/s1. The second-order valence-corrected chi connectivity index (χ2v) is 10.6. The molecule has 2 aliphatic heterocycles. The van der Waals surface area contributed by atoms with E-state index in [4.69, 9.17) is 5.73 Å². The number of benzene rings is 2. The van der Waals surface area contributed by atoms with Crippen LogP contribution in [-0.2, 0) is 10.0 Å². The van der Waals surface area contributed by atoms with E-state index in [9.17, 15) is 13.5 Å². The number of aliphatic hydroxyl groups excluding tert-OH is 1. The second kappa shape index (κ2) is 9.03. The molecule has 0 bridgehead atoms. The van der Waals surface area contributed by atoms with Gasteiger partial charge in [-0.2, -0.15) is 4.31 Å². The molecule has 0 radical (unpaired) electrons. The second-order valence-electron chi connectivity index (χ2n) is 8.72. The number of hydrogen-bond donors (Lipinski definition) is 2. The zero-order valence-corrected chi connectivity index (χ0v) is 19.3. The van der Waals surface area contributed by atoms with Crippen LogP contribution >= 0.6 is 0 Å². The van der Waals surface area contributed by atoms with Crippen molar-refractivity contribution < 1.29 is 17.9 Å². The highest BCUT2D eigenvalue weighted by Crippen LogP contribution is 2.34. The highest BCUT2D eigenvalue weighted by atomic mass is 32.2. The molecule has 34 heavy (non-hydrogen) atoms. The number of rotatable bonds is 5. The predicted molar refractivity (Wildman–Crippen MR) is 127 cm³/mol. The van der Waals surface area contributed by atoms with Gasteiger partial charge in [-0.3, -0.25) is 9.88 Å². The van der Waals surface area contributed by atoms with E-state index in [0.717, 1.165) is 25.9 Å². The third kappa shape index (κ3) is 4.18. The highest BCUT2D eigenvalue weighted by Gasteiger charge is 2.42. The zero-order chi connectivity index (χ0) is 23.9. The molecule has 0 spiro atoms. The quantitative estimate of drug-likeness (QED) is 0.573. The topological polar surface area (TPSA) is 113 Å². The summed E-state index contributed by atoms with van der Waals surface area (Å²) in [6, 6.07) is 10.9. The summed E-state index contributed by atoms with van der Waals surface area (Å²) in [5.41, 5.74) is 6.96. The van der Waals surface area contributed by atoms with Crippen molar-refractivity contribution in [2.24, 2.45) is 0 Å². The maximum atomic E-state index is 15.0. The summed E-state index contributed by atoms with van der Waals surface area (Å²) >= 11 is 0. The first-order valence-corrected chi connectivity index (χ1v) is 12.7. The Morgan fingerprint density at radius 3 is 2.47 bits per heavy atom. The third-order valence-electron chi connectivity index (χ3n) is 6.57. The lowest BCUT2D eigenvalue weighted by atomic mass is 10.0. The summed E-state index contributed by atoms with van der Waals surface area (Å²) < 4.78 is 43.6. The van der Waals surface area contributed by atoms with Crippen molar-refractivity contribution in [1.29, 1.82) is 0 Å². The van der Waals surface area contributed by atoms with Crippen molar-refractivity contribution in [2.45, 2.75) is 29.9 Å². The maximum Gasteiger partial charge on any atom is 0.243 e. The minimum Gasteiger partial charge on any atom is -0.390 e. The van der Waals surface area contributed by atoms with E-state index in [-0.39, 0.29) is 35.4 Å². The van der Waals surface area contributed by atoms with E-state index in [1.54, 1.807) is 30.3 Å². The molecule has 2 atom stereocenters. The number of anilines is 1. The third-order valence-corrected chi connectivity index (χ3v) is 8.46. The number of nitrogen functional groups attached to an aromatic ring is 1. The number of aliphatic hydroxyl groups is 1. The molecule has 2 fully saturated rings. The molecule has 2 aromatic carbocycles. The van der Waals surface area contributed by atoms with Crippen molar-refractivity contribution in [3.63, 3.8) is 0 Å². The monoisotopic (exact) mass is 483 g/mol. The molecule has 0 aliphatic carbocycles. The lowest BCUT2D eigenvalue weighted by Gasteiger charge is -2.25. The van der Waals surface area contributed by atoms with E-state index in [1.807, 2.05) is 0 Å². The number of sulfonamides is 1. The molecule has 3 heterocycles. The van der Waals surface area contributed by atoms with E-state index in [1.165, 1.54) is 28.8 Å². The molecular weight excluding hydrogens is 457 g/mol. The first-order valence-electron chi connectivity index (χ1n) is 11.2. The van der Waals surface area contributed by atoms with Gasteiger partial charge in [-0.15, -0.1) is 0 Å². The van der Waals surface area contributed by atoms with Crippen LogP contribution in [0.3, 0.4) is 0 Å². The Kier molecular flexibility index (Phi) is 6.07. The molecule has 0 unspecified atom stereocenters. The van der Waals surface area contributed by atoms with Crippen LogP contribution in [0.4, 0.5) is 10.2 Å². The van der Waals surface area contributed by atoms with Gasteiger partial charge in [-0.25, -0.2) is 17.8 Å². The van der Waals surface area contributed by atoms with Gasteiger partial charge < -0.3 is 10.8 Å². The van der Waals surface area contributed by atoms with Gasteiger partial charge >= 0.3 is 0 Å². The fraction of sp³-hybridized carbons (Fsp3) is 0.333. The Balaban J connectivity index is 1.47. The summed E-state index contributed by atoms with van der Waals surface area (Å²) in [6.45, 7) is 2.02. The smallest absolute Gasteiger partial charge is 0.243 e. The maximum absolute atomic E-state index is 15.0. The van der Waals surface area contributed by atoms with Gasteiger partial charge in [0.05, 0.1) is 35.1 Å². The summed E-state index contributed by atoms with van der Waals surface area (Å²) in [5, 5.41) is 10.6. The van der Waals surface area contributed by atoms with Crippen LogP contribution in [0.5, 0.6) is 0 Å². The molecule has 8 nitrogen and oxygen atoms in total. The van der Waals surface area contributed by atoms with Crippen LogP contribution < -0.4 is 5.73 Å². The van der Waals surface area contributed by atoms with Crippen molar-refractivity contribution in [2.75, 3.05) is 31.9 Å². The molecule has 0 saturated carbocycles. The normalized spacial score (nSPS) is 21.8. The molecule has 2 aliphatic rings. The van der Waals surface area contributed by atoms with E-state index < -0.39 is 21.9 Å². The van der Waals surface area contributed by atoms with E-state index in [0.29, 0.717) is 16.8 Å². The largest absolute Gasteiger partial charge is 0.390 e. The Morgan fingerprint density at radius 1 is 1.00 bits per heavy atom. The summed E-state index contributed by atoms with van der Waals surface area (Å²) in [6.07, 6.45) is 4.12. The van der Waals surface area contributed by atoms with Gasteiger partial charge in [0.1, 0.15) is 11.6 Å². The van der Waals surface area contributed by atoms with Gasteiger partial charge in [-0.1, -0.05) is 24.3 Å². The number of halogens is 1. The van der Waals surface area contributed by atoms with Crippen LogP contribution in [0.15, 0.2) is 59.8 Å². The van der Waals surface area contributed by atoms with Gasteiger partial charge in [0, 0.05) is 24.2 Å². The molecule has 3 N–H and O–H groups in total. The SMILES string of the molecule is Nc1cnc(-c2ccc(-c3ccccc3S(=O)(=O)N3C[C@H](O)[C@@H](N4CCCC4)C3)cc2F)cn1. The lowest BCUT2D eigenvalue weighted by molar-refractivity contribution is 0.0983. The van der Waals surface area contributed by atoms with Crippen LogP contribution in [0.1, 0.15) is 12.8 Å². The average Bonchev–Trinajstić information content (AvgIpc) is 3.50. The van der Waals surface area contributed by atoms with Crippen molar-refractivity contribution in [3.05, 3.63) is 60.7 Å². The summed E-state index contributed by atoms with van der Waals surface area (Å²) in [5.74, 6) is -0.312. The van der Waals surface area contributed by atoms with Crippen molar-refractivity contribution in [3.8, 4) is 22.4 Å². The fourth-order valence-electron chi connectivity index (χ4n) is 4.80. The van der Waals surface area contributed by atoms with E-state index in [2.05, 4.69) is 14.9 Å². The van der Waals surface area contributed by atoms with Gasteiger partial charge in [-0.05, 0) is 49.7 Å². The molecular formula is C24H26FN5O3S. The Morgan fingerprint density at radius 2 is 1.76 bits per heavy atom. The minimum atomic E-state index is -3.90. The predicted octanol–water partition coefficient (Wildman–Crippen LogP) is 2.36. The number of hydrogen-bond acceptors (Lipinski definition) is 7. The molecule has 10 heteroatoms. The summed E-state index contributed by atoms with van der Waals surface area (Å²) in [7, 11) is -3.90. The Hall–Kier alpha value is -2.92. The zero-order valence-electron chi connectivity index (χ0n) is 18.5. The molecule has 178 valence electrons. The highest BCUT2D eigenvalue weighted by molar-refractivity contribution is 7.89. The molecule has 0 amide bonds. The molecule has 2 saturated heterocycles. The number of aromatic nitrogens is 2. The van der Waals surface area contributed by atoms with Crippen LogP contribution in [0, 0.1) is 5.82 Å². The van der Waals surface area contributed by atoms with Gasteiger partial charge in [0.15, 0.2) is 0 Å². The van der Waals surface area contributed by atoms with Gasteiger partial charge in [0.25, 0.3) is 0 Å². The van der Waals surface area contributed by atoms with Crippen LogP contribution in [0.25, 0.3) is 22.4 Å². The van der Waals surface area contributed by atoms with Gasteiger partial charge in [0.2, 0.25) is 10.0 Å². The molecule has 1 aromatic heterocycles. The van der Waals surface area contributed by atoms with E-state index >= 15 is 4.39 Å². The van der Waals surface area contributed by atoms with Crippen LogP contribution in [0.2, 0.25) is 0 Å². The fourth-order valence-corrected chi connectivity index (χ4v) is 6.49. The van der Waals surface area contributed by atoms with Crippen LogP contribution in [-0.4, -0.2) is 71.0 Å². The Labute approximate surface area is 197 Å². The van der Waals surface area contributed by atoms with Crippen molar-refractivity contribution >= 4 is 15.8 Å². The number of nitrogens with two attached hydrogens (primary N) is 1. The van der Waals surface area contributed by atoms with Crippen molar-refractivity contribution in [1.82, 2.24) is 19.2 Å². The lowest BCUT2D eigenvalue weighted by Crippen LogP contribution is -2.41. The number of likely N-dealkylation sites (tertiary alicyclic amines) is 1. The first kappa shape index (κ1) is 22.9. The first-order chi connectivity index (χ1) is 16.3. The molecule has 3 aromatic rings. The average molecular weight is 484 g/mol. The number of nitrogens with zero attached hydrogens (tertiary/aromatic N) is 4. The summed E-state index contributed by atoms with van der Waals surface area (Å²) in [4.78, 5) is 10.3. The molecule has 5 rings (SSSR count). The minimum absolute atomic E-state index is 0.0426. The number of β-amino-alcohol motifs (C(OH)–C–C–N with tert-alkyl or cyclic N) is 1.